The molecule has 3 aromatic heterocycles. The Morgan fingerprint density at radius 2 is 2.16 bits per heavy atom. The average molecular weight is 276 g/mol. The molecule has 3 aromatic rings. The number of hydrogen-bond donors (Lipinski definition) is 1. The zero-order valence-corrected chi connectivity index (χ0v) is 11.2. The van der Waals surface area contributed by atoms with Crippen molar-refractivity contribution in [3.05, 3.63) is 53.1 Å². The van der Waals surface area contributed by atoms with Gasteiger partial charge in [0.1, 0.15) is 0 Å². The van der Waals surface area contributed by atoms with Gasteiger partial charge in [-0.15, -0.1) is 0 Å². The van der Waals surface area contributed by atoms with Gasteiger partial charge in [-0.2, -0.15) is 10.2 Å². The second-order valence-corrected chi connectivity index (χ2v) is 4.71. The van der Waals surface area contributed by atoms with Crippen molar-refractivity contribution in [3.63, 3.8) is 0 Å². The van der Waals surface area contributed by atoms with Crippen LogP contribution in [0.3, 0.4) is 0 Å². The lowest BCUT2D eigenvalue weighted by atomic mass is 10.1. The van der Waals surface area contributed by atoms with Crippen molar-refractivity contribution < 1.29 is 0 Å². The molecule has 0 amide bonds. The molecule has 0 spiro atoms. The van der Waals surface area contributed by atoms with Crippen LogP contribution < -0.4 is 5.73 Å². The van der Waals surface area contributed by atoms with E-state index in [-0.39, 0.29) is 6.04 Å². The number of rotatable bonds is 3. The Bertz CT molecular complexity index is 715. The summed E-state index contributed by atoms with van der Waals surface area (Å²) in [5, 5.41) is 9.11. The second-order valence-electron chi connectivity index (χ2n) is 4.30. The fourth-order valence-electron chi connectivity index (χ4n) is 2.27. The fraction of sp³-hybridized carbons (Fsp3) is 0.231. The van der Waals surface area contributed by atoms with E-state index in [4.69, 9.17) is 17.3 Å². The van der Waals surface area contributed by atoms with Gasteiger partial charge in [-0.1, -0.05) is 17.7 Å². The highest BCUT2D eigenvalue weighted by atomic mass is 35.5. The molecule has 0 aromatic carbocycles. The highest BCUT2D eigenvalue weighted by molar-refractivity contribution is 6.31. The van der Waals surface area contributed by atoms with Crippen LogP contribution in [0.4, 0.5) is 0 Å². The molecule has 0 aliphatic heterocycles. The van der Waals surface area contributed by atoms with Crippen LogP contribution >= 0.6 is 11.6 Å². The van der Waals surface area contributed by atoms with Crippen LogP contribution in [-0.2, 0) is 6.54 Å². The summed E-state index contributed by atoms with van der Waals surface area (Å²) >= 11 is 6.20. The molecule has 1 atom stereocenters. The van der Waals surface area contributed by atoms with Gasteiger partial charge in [0.15, 0.2) is 0 Å². The Morgan fingerprint density at radius 3 is 2.95 bits per heavy atom. The van der Waals surface area contributed by atoms with Gasteiger partial charge in [0, 0.05) is 18.3 Å². The molecule has 6 heteroatoms. The Balaban J connectivity index is 2.13. The topological polar surface area (TPSA) is 61.1 Å². The van der Waals surface area contributed by atoms with Crippen LogP contribution in [0.1, 0.15) is 24.2 Å². The third kappa shape index (κ3) is 1.91. The van der Waals surface area contributed by atoms with E-state index in [0.717, 1.165) is 23.3 Å². The summed E-state index contributed by atoms with van der Waals surface area (Å²) in [5.74, 6) is 0. The summed E-state index contributed by atoms with van der Waals surface area (Å²) < 4.78 is 3.62. The zero-order chi connectivity index (χ0) is 13.4. The summed E-state index contributed by atoms with van der Waals surface area (Å²) in [7, 11) is 0. The average Bonchev–Trinajstić information content (AvgIpc) is 3.01. The Labute approximate surface area is 115 Å². The summed E-state index contributed by atoms with van der Waals surface area (Å²) in [4.78, 5) is 0. The quantitative estimate of drug-likeness (QED) is 0.797. The van der Waals surface area contributed by atoms with E-state index in [9.17, 15) is 0 Å². The second kappa shape index (κ2) is 4.68. The van der Waals surface area contributed by atoms with Crippen molar-refractivity contribution in [1.29, 1.82) is 0 Å². The van der Waals surface area contributed by atoms with E-state index in [1.807, 2.05) is 36.0 Å². The van der Waals surface area contributed by atoms with E-state index in [1.54, 1.807) is 16.9 Å². The highest BCUT2D eigenvalue weighted by Crippen LogP contribution is 2.28. The maximum Gasteiger partial charge on any atom is 0.0837 e. The fourth-order valence-corrected chi connectivity index (χ4v) is 2.53. The first-order chi connectivity index (χ1) is 9.22. The molecule has 0 saturated carbocycles. The molecule has 5 nitrogen and oxygen atoms in total. The molecule has 3 rings (SSSR count). The maximum absolute atomic E-state index is 6.35. The lowest BCUT2D eigenvalue weighted by molar-refractivity contribution is 0.602. The first kappa shape index (κ1) is 12.2. The Hall–Kier alpha value is -1.85. The van der Waals surface area contributed by atoms with Crippen molar-refractivity contribution in [1.82, 2.24) is 19.4 Å². The lowest BCUT2D eigenvalue weighted by Gasteiger charge is -2.13. The summed E-state index contributed by atoms with van der Waals surface area (Å²) in [5.41, 5.74) is 9.10. The van der Waals surface area contributed by atoms with Gasteiger partial charge in [0.2, 0.25) is 0 Å². The molecule has 0 fully saturated rings. The third-order valence-corrected chi connectivity index (χ3v) is 3.51. The molecule has 3 heterocycles. The smallest absolute Gasteiger partial charge is 0.0837 e. The number of hydrogen-bond acceptors (Lipinski definition) is 3. The van der Waals surface area contributed by atoms with Gasteiger partial charge in [0.25, 0.3) is 0 Å². The first-order valence-electron chi connectivity index (χ1n) is 6.11. The van der Waals surface area contributed by atoms with Gasteiger partial charge in [-0.25, -0.2) is 4.52 Å². The van der Waals surface area contributed by atoms with Gasteiger partial charge < -0.3 is 5.73 Å². The molecule has 0 aliphatic rings. The van der Waals surface area contributed by atoms with Crippen molar-refractivity contribution in [2.75, 3.05) is 0 Å². The van der Waals surface area contributed by atoms with Gasteiger partial charge in [-0.3, -0.25) is 4.68 Å². The largest absolute Gasteiger partial charge is 0.319 e. The minimum atomic E-state index is -0.338. The Kier molecular flexibility index (Phi) is 3.00. The number of aromatic nitrogens is 4. The van der Waals surface area contributed by atoms with E-state index < -0.39 is 0 Å². The molecule has 1 unspecified atom stereocenters. The van der Waals surface area contributed by atoms with E-state index in [2.05, 4.69) is 10.2 Å². The summed E-state index contributed by atoms with van der Waals surface area (Å²) in [6.45, 7) is 2.74. The van der Waals surface area contributed by atoms with Crippen molar-refractivity contribution in [3.8, 4) is 0 Å². The molecular weight excluding hydrogens is 262 g/mol. The lowest BCUT2D eigenvalue weighted by Crippen LogP contribution is -2.17. The molecule has 0 saturated heterocycles. The zero-order valence-electron chi connectivity index (χ0n) is 10.5. The number of halogens is 1. The number of aryl methyl sites for hydroxylation is 1. The predicted octanol–water partition coefficient (Wildman–Crippen LogP) is 2.25. The molecule has 2 N–H and O–H groups in total. The third-order valence-electron chi connectivity index (χ3n) is 3.22. The number of fused-ring (bicyclic) bond motifs is 1. The van der Waals surface area contributed by atoms with Crippen molar-refractivity contribution in [2.45, 2.75) is 19.5 Å². The van der Waals surface area contributed by atoms with Crippen molar-refractivity contribution in [2.24, 2.45) is 5.73 Å². The van der Waals surface area contributed by atoms with Crippen LogP contribution in [0, 0.1) is 0 Å². The molecule has 0 bridgehead atoms. The van der Waals surface area contributed by atoms with E-state index >= 15 is 0 Å². The highest BCUT2D eigenvalue weighted by Gasteiger charge is 2.21. The van der Waals surface area contributed by atoms with Crippen molar-refractivity contribution >= 4 is 17.1 Å². The van der Waals surface area contributed by atoms with Crippen LogP contribution in [0.5, 0.6) is 0 Å². The van der Waals surface area contributed by atoms with Crippen LogP contribution in [-0.4, -0.2) is 19.4 Å². The molecule has 19 heavy (non-hydrogen) atoms. The number of nitrogens with two attached hydrogens (primary N) is 1. The van der Waals surface area contributed by atoms with Crippen LogP contribution in [0.25, 0.3) is 5.52 Å². The molecular formula is C13H14ClN5. The van der Waals surface area contributed by atoms with E-state index in [0.29, 0.717) is 5.02 Å². The predicted molar refractivity (Wildman–Crippen MR) is 74.1 cm³/mol. The molecule has 0 radical (unpaired) electrons. The normalized spacial score (nSPS) is 13.0. The van der Waals surface area contributed by atoms with Gasteiger partial charge in [0.05, 0.1) is 34.7 Å². The van der Waals surface area contributed by atoms with Crippen LogP contribution in [0.2, 0.25) is 5.02 Å². The maximum atomic E-state index is 6.35. The number of nitrogens with zero attached hydrogens (tertiary/aromatic N) is 4. The summed E-state index contributed by atoms with van der Waals surface area (Å²) in [6.07, 6.45) is 5.31. The van der Waals surface area contributed by atoms with Gasteiger partial charge >= 0.3 is 0 Å². The molecule has 0 aliphatic carbocycles. The Morgan fingerprint density at radius 1 is 1.32 bits per heavy atom. The van der Waals surface area contributed by atoms with E-state index in [1.165, 1.54) is 0 Å². The minimum absolute atomic E-state index is 0.338. The summed E-state index contributed by atoms with van der Waals surface area (Å²) in [6, 6.07) is 5.54. The van der Waals surface area contributed by atoms with Gasteiger partial charge in [-0.05, 0) is 19.1 Å². The number of pyridine rings is 1. The minimum Gasteiger partial charge on any atom is -0.319 e. The SMILES string of the molecule is CCn1ncc(Cl)c1C(N)c1cnn2ccccc12. The standard InChI is InChI=1S/C13H14ClN5/c1-2-18-13(10(14)8-17-18)12(15)9-7-16-19-6-4-3-5-11(9)19/h3-8,12H,2,15H2,1H3. The first-order valence-corrected chi connectivity index (χ1v) is 6.49. The monoisotopic (exact) mass is 275 g/mol. The molecule has 98 valence electrons. The van der Waals surface area contributed by atoms with Crippen LogP contribution in [0.15, 0.2) is 36.8 Å².